The van der Waals surface area contributed by atoms with Gasteiger partial charge >= 0.3 is 5.24 Å². The minimum atomic E-state index is -0.0232. The van der Waals surface area contributed by atoms with E-state index in [0.29, 0.717) is 18.0 Å². The van der Waals surface area contributed by atoms with Crippen LogP contribution in [0.25, 0.3) is 0 Å². The maximum Gasteiger partial charge on any atom is 0.302 e. The van der Waals surface area contributed by atoms with Crippen LogP contribution in [0.2, 0.25) is 0 Å². The average Bonchev–Trinajstić information content (AvgIpc) is 2.90. The lowest BCUT2D eigenvalue weighted by molar-refractivity contribution is 0.222. The SMILES string of the molecule is CCC1SC(=O)N(Cc2ccccc2)N=C1c1ccc(OC)c(OC)c1.CCCCNCCCC. The average molecular weight is 500 g/mol. The smallest absolute Gasteiger partial charge is 0.302 e. The summed E-state index contributed by atoms with van der Waals surface area (Å²) in [5, 5.41) is 9.62. The summed E-state index contributed by atoms with van der Waals surface area (Å²) in [7, 11) is 3.22. The molecule has 0 aliphatic carbocycles. The first-order valence-electron chi connectivity index (χ1n) is 12.6. The van der Waals surface area contributed by atoms with Gasteiger partial charge in [0.25, 0.3) is 0 Å². The summed E-state index contributed by atoms with van der Waals surface area (Å²) in [4.78, 5) is 12.5. The van der Waals surface area contributed by atoms with Gasteiger partial charge in [0.05, 0.1) is 31.7 Å². The molecule has 0 saturated heterocycles. The summed E-state index contributed by atoms with van der Waals surface area (Å²) in [6, 6.07) is 15.6. The third kappa shape index (κ3) is 9.22. The first-order chi connectivity index (χ1) is 17.1. The second-order valence-corrected chi connectivity index (χ2v) is 9.49. The van der Waals surface area contributed by atoms with Crippen LogP contribution in [0.3, 0.4) is 0 Å². The van der Waals surface area contributed by atoms with Gasteiger partial charge in [0.15, 0.2) is 11.5 Å². The number of carbonyl (C=O) groups excluding carboxylic acids is 1. The molecule has 1 atom stereocenters. The van der Waals surface area contributed by atoms with Crippen molar-refractivity contribution < 1.29 is 14.3 Å². The quantitative estimate of drug-likeness (QED) is 0.328. The first-order valence-corrected chi connectivity index (χ1v) is 13.5. The molecule has 3 rings (SSSR count). The lowest BCUT2D eigenvalue weighted by Gasteiger charge is -2.28. The topological polar surface area (TPSA) is 63.2 Å². The number of hydrogen-bond acceptors (Lipinski definition) is 6. The van der Waals surface area contributed by atoms with Crippen LogP contribution < -0.4 is 14.8 Å². The Morgan fingerprint density at radius 3 is 2.17 bits per heavy atom. The zero-order valence-corrected chi connectivity index (χ0v) is 22.7. The summed E-state index contributed by atoms with van der Waals surface area (Å²) >= 11 is 1.32. The molecule has 6 nitrogen and oxygen atoms in total. The maximum absolute atomic E-state index is 12.5. The second-order valence-electron chi connectivity index (χ2n) is 8.34. The van der Waals surface area contributed by atoms with Crippen molar-refractivity contribution in [2.45, 2.75) is 64.7 Å². The van der Waals surface area contributed by atoms with E-state index in [0.717, 1.165) is 23.3 Å². The first kappa shape index (κ1) is 28.7. The fraction of sp³-hybridized carbons (Fsp3) is 0.500. The minimum absolute atomic E-state index is 0.0209. The Morgan fingerprint density at radius 2 is 1.60 bits per heavy atom. The standard InChI is InChI=1S/C20H22N2O3S.C8H19N/c1-4-18-19(15-10-11-16(24-2)17(12-15)25-3)21-22(20(23)26-18)13-14-8-6-5-7-9-14;1-3-5-7-9-8-6-4-2/h5-12,18H,4,13H2,1-3H3;9H,3-8H2,1-2H3. The molecule has 0 fully saturated rings. The number of benzene rings is 2. The summed E-state index contributed by atoms with van der Waals surface area (Å²) in [5.74, 6) is 1.32. The number of hydrogen-bond donors (Lipinski definition) is 1. The zero-order valence-electron chi connectivity index (χ0n) is 21.9. The molecule has 0 aromatic heterocycles. The third-order valence-corrected chi connectivity index (χ3v) is 6.88. The van der Waals surface area contributed by atoms with Crippen LogP contribution in [0.1, 0.15) is 64.0 Å². The van der Waals surface area contributed by atoms with Crippen LogP contribution in [0, 0.1) is 0 Å². The number of ether oxygens (including phenoxy) is 2. The molecule has 1 heterocycles. The lowest BCUT2D eigenvalue weighted by atomic mass is 10.0. The Hall–Kier alpha value is -2.51. The van der Waals surface area contributed by atoms with Crippen molar-refractivity contribution >= 4 is 22.7 Å². The van der Waals surface area contributed by atoms with Crippen LogP contribution in [0.15, 0.2) is 53.6 Å². The van der Waals surface area contributed by atoms with E-state index in [1.54, 1.807) is 14.2 Å². The van der Waals surface area contributed by atoms with Crippen LogP contribution >= 0.6 is 11.8 Å². The van der Waals surface area contributed by atoms with Gasteiger partial charge in [0.2, 0.25) is 0 Å². The maximum atomic E-state index is 12.5. The summed E-state index contributed by atoms with van der Waals surface area (Å²) in [6.07, 6.45) is 6.08. The molecular formula is C28H41N3O3S. The van der Waals surface area contributed by atoms with E-state index in [1.807, 2.05) is 48.5 Å². The van der Waals surface area contributed by atoms with Gasteiger partial charge in [-0.25, -0.2) is 5.01 Å². The molecule has 1 amide bonds. The van der Waals surface area contributed by atoms with Crippen LogP contribution in [-0.4, -0.2) is 48.5 Å². The predicted octanol–water partition coefficient (Wildman–Crippen LogP) is 6.73. The van der Waals surface area contributed by atoms with E-state index in [9.17, 15) is 4.79 Å². The number of methoxy groups -OCH3 is 2. The van der Waals surface area contributed by atoms with Gasteiger partial charge in [-0.2, -0.15) is 5.10 Å². The van der Waals surface area contributed by atoms with Crippen molar-refractivity contribution in [3.63, 3.8) is 0 Å². The Bertz CT molecular complexity index is 915. The number of amides is 1. The normalized spacial score (nSPS) is 15.2. The van der Waals surface area contributed by atoms with Crippen molar-refractivity contribution in [3.8, 4) is 11.5 Å². The molecule has 1 aliphatic heterocycles. The van der Waals surface area contributed by atoms with Crippen molar-refractivity contribution in [2.75, 3.05) is 27.3 Å². The Morgan fingerprint density at radius 1 is 0.943 bits per heavy atom. The van der Waals surface area contributed by atoms with Gasteiger partial charge in [0, 0.05) is 5.56 Å². The van der Waals surface area contributed by atoms with Crippen molar-refractivity contribution in [2.24, 2.45) is 5.10 Å². The summed E-state index contributed by atoms with van der Waals surface area (Å²) in [5.41, 5.74) is 2.87. The molecule has 2 aromatic carbocycles. The molecule has 35 heavy (non-hydrogen) atoms. The van der Waals surface area contributed by atoms with E-state index in [4.69, 9.17) is 14.6 Å². The largest absolute Gasteiger partial charge is 0.493 e. The monoisotopic (exact) mass is 499 g/mol. The fourth-order valence-electron chi connectivity index (χ4n) is 3.57. The van der Waals surface area contributed by atoms with Crippen LogP contribution in [0.4, 0.5) is 4.79 Å². The Labute approximate surface area is 215 Å². The number of unbranched alkanes of at least 4 members (excludes halogenated alkanes) is 2. The molecule has 1 aliphatic rings. The van der Waals surface area contributed by atoms with Crippen molar-refractivity contribution in [1.29, 1.82) is 0 Å². The van der Waals surface area contributed by atoms with Crippen LogP contribution in [0.5, 0.6) is 11.5 Å². The van der Waals surface area contributed by atoms with E-state index in [-0.39, 0.29) is 10.5 Å². The molecule has 192 valence electrons. The van der Waals surface area contributed by atoms with E-state index >= 15 is 0 Å². The van der Waals surface area contributed by atoms with Gasteiger partial charge in [-0.05, 0) is 56.1 Å². The molecule has 0 bridgehead atoms. The van der Waals surface area contributed by atoms with Crippen LogP contribution in [-0.2, 0) is 6.54 Å². The minimum Gasteiger partial charge on any atom is -0.493 e. The summed E-state index contributed by atoms with van der Waals surface area (Å²) in [6.45, 7) is 9.38. The number of nitrogens with one attached hydrogen (secondary N) is 1. The Kier molecular flexibility index (Phi) is 13.3. The number of thioether (sulfide) groups is 1. The third-order valence-electron chi connectivity index (χ3n) is 5.63. The van der Waals surface area contributed by atoms with Gasteiger partial charge in [-0.1, -0.05) is 75.7 Å². The van der Waals surface area contributed by atoms with Gasteiger partial charge in [-0.15, -0.1) is 0 Å². The predicted molar refractivity (Wildman–Crippen MR) is 148 cm³/mol. The van der Waals surface area contributed by atoms with Crippen molar-refractivity contribution in [3.05, 3.63) is 59.7 Å². The van der Waals surface area contributed by atoms with Gasteiger partial charge in [0.1, 0.15) is 0 Å². The fourth-order valence-corrected chi connectivity index (χ4v) is 4.51. The second kappa shape index (κ2) is 16.2. The van der Waals surface area contributed by atoms with Crippen molar-refractivity contribution in [1.82, 2.24) is 10.3 Å². The highest BCUT2D eigenvalue weighted by atomic mass is 32.2. The number of carbonyl (C=O) groups is 1. The van der Waals surface area contributed by atoms with Gasteiger partial charge in [-0.3, -0.25) is 4.79 Å². The number of rotatable bonds is 12. The van der Waals surface area contributed by atoms with E-state index < -0.39 is 0 Å². The highest BCUT2D eigenvalue weighted by Crippen LogP contribution is 2.33. The van der Waals surface area contributed by atoms with E-state index in [1.165, 1.54) is 55.5 Å². The molecule has 1 unspecified atom stereocenters. The van der Waals surface area contributed by atoms with Gasteiger partial charge < -0.3 is 14.8 Å². The molecule has 1 N–H and O–H groups in total. The summed E-state index contributed by atoms with van der Waals surface area (Å²) < 4.78 is 10.7. The number of hydrazone groups is 1. The Balaban J connectivity index is 0.000000410. The molecule has 2 aromatic rings. The zero-order chi connectivity index (χ0) is 25.5. The molecular weight excluding hydrogens is 458 g/mol. The highest BCUT2D eigenvalue weighted by Gasteiger charge is 2.30. The molecule has 0 saturated carbocycles. The molecule has 7 heteroatoms. The number of nitrogens with zero attached hydrogens (tertiary/aromatic N) is 2. The highest BCUT2D eigenvalue weighted by molar-refractivity contribution is 8.14. The molecule has 0 radical (unpaired) electrons. The van der Waals surface area contributed by atoms with E-state index in [2.05, 4.69) is 26.1 Å². The molecule has 0 spiro atoms. The lowest BCUT2D eigenvalue weighted by Crippen LogP contribution is -2.34.